The number of rotatable bonds is 4. The summed E-state index contributed by atoms with van der Waals surface area (Å²) < 4.78 is 10.2. The van der Waals surface area contributed by atoms with Crippen molar-refractivity contribution in [3.63, 3.8) is 0 Å². The maximum atomic E-state index is 11.9. The molecule has 0 spiro atoms. The average Bonchev–Trinajstić information content (AvgIpc) is 2.42. The van der Waals surface area contributed by atoms with E-state index in [1.54, 1.807) is 20.8 Å². The van der Waals surface area contributed by atoms with Crippen molar-refractivity contribution in [3.8, 4) is 0 Å². The summed E-state index contributed by atoms with van der Waals surface area (Å²) in [7, 11) is 1.47. The summed E-state index contributed by atoms with van der Waals surface area (Å²) in [6.07, 6.45) is -1.11. The molecule has 6 nitrogen and oxygen atoms in total. The minimum atomic E-state index is -0.590. The molecule has 0 fully saturated rings. The zero-order valence-corrected chi connectivity index (χ0v) is 12.8. The van der Waals surface area contributed by atoms with E-state index in [0.717, 1.165) is 5.56 Å². The molecule has 0 aliphatic heterocycles. The van der Waals surface area contributed by atoms with Crippen LogP contribution < -0.4 is 10.6 Å². The summed E-state index contributed by atoms with van der Waals surface area (Å²) >= 11 is 0. The summed E-state index contributed by atoms with van der Waals surface area (Å²) in [4.78, 5) is 23.1. The normalized spacial score (nSPS) is 12.2. The minimum Gasteiger partial charge on any atom is -0.447 e. The Morgan fingerprint density at radius 2 is 1.76 bits per heavy atom. The van der Waals surface area contributed by atoms with Crippen molar-refractivity contribution in [1.82, 2.24) is 10.6 Å². The molecule has 0 radical (unpaired) electrons. The van der Waals surface area contributed by atoms with Crippen LogP contribution in [-0.2, 0) is 9.47 Å². The lowest BCUT2D eigenvalue weighted by Crippen LogP contribution is -2.37. The number of alkyl carbamates (subject to hydrolysis) is 2. The largest absolute Gasteiger partial charge is 0.447 e. The van der Waals surface area contributed by atoms with Gasteiger partial charge in [-0.05, 0) is 26.3 Å². The minimum absolute atomic E-state index is 0.0168. The van der Waals surface area contributed by atoms with Gasteiger partial charge in [0.05, 0.1) is 6.04 Å². The first kappa shape index (κ1) is 16.8. The second kappa shape index (κ2) is 7.52. The molecule has 116 valence electrons. The van der Waals surface area contributed by atoms with Crippen molar-refractivity contribution in [3.05, 3.63) is 35.9 Å². The smallest absolute Gasteiger partial charge is 0.408 e. The Morgan fingerprint density at radius 1 is 1.14 bits per heavy atom. The van der Waals surface area contributed by atoms with Gasteiger partial charge in [-0.3, -0.25) is 0 Å². The van der Waals surface area contributed by atoms with Gasteiger partial charge >= 0.3 is 12.2 Å². The molecule has 6 heteroatoms. The molecule has 0 saturated heterocycles. The van der Waals surface area contributed by atoms with Gasteiger partial charge in [0.15, 0.2) is 0 Å². The van der Waals surface area contributed by atoms with Crippen molar-refractivity contribution in [1.29, 1.82) is 0 Å². The maximum absolute atomic E-state index is 11.9. The molecule has 0 saturated carbocycles. The van der Waals surface area contributed by atoms with Crippen LogP contribution in [-0.4, -0.2) is 31.4 Å². The Balaban J connectivity index is 2.73. The van der Waals surface area contributed by atoms with Gasteiger partial charge in [-0.15, -0.1) is 0 Å². The van der Waals surface area contributed by atoms with Crippen LogP contribution in [0.3, 0.4) is 0 Å². The maximum Gasteiger partial charge on any atom is 0.408 e. The molecule has 0 aliphatic carbocycles. The van der Waals surface area contributed by atoms with E-state index in [9.17, 15) is 9.59 Å². The van der Waals surface area contributed by atoms with Crippen LogP contribution in [0, 0.1) is 0 Å². The number of hydrogen-bond acceptors (Lipinski definition) is 4. The van der Waals surface area contributed by atoms with Crippen molar-refractivity contribution in [2.24, 2.45) is 0 Å². The molecule has 2 amide bonds. The number of benzene rings is 1. The van der Waals surface area contributed by atoms with E-state index in [0.29, 0.717) is 0 Å². The van der Waals surface area contributed by atoms with Gasteiger partial charge < -0.3 is 20.1 Å². The zero-order valence-electron chi connectivity index (χ0n) is 12.8. The van der Waals surface area contributed by atoms with Crippen LogP contribution in [0.2, 0.25) is 0 Å². The van der Waals surface area contributed by atoms with Gasteiger partial charge in [0, 0.05) is 7.05 Å². The van der Waals surface area contributed by atoms with Crippen LogP contribution >= 0.6 is 0 Å². The van der Waals surface area contributed by atoms with Gasteiger partial charge in [-0.1, -0.05) is 30.3 Å². The molecular formula is C15H22N2O4. The molecule has 1 unspecified atom stereocenters. The number of amides is 2. The van der Waals surface area contributed by atoms with E-state index in [1.807, 2.05) is 30.3 Å². The van der Waals surface area contributed by atoms with E-state index >= 15 is 0 Å². The molecule has 1 aromatic carbocycles. The van der Waals surface area contributed by atoms with E-state index in [2.05, 4.69) is 10.6 Å². The highest BCUT2D eigenvalue weighted by Crippen LogP contribution is 2.15. The van der Waals surface area contributed by atoms with Gasteiger partial charge in [0.25, 0.3) is 0 Å². The van der Waals surface area contributed by atoms with Crippen LogP contribution in [0.15, 0.2) is 30.3 Å². The van der Waals surface area contributed by atoms with Crippen LogP contribution in [0.1, 0.15) is 32.4 Å². The van der Waals surface area contributed by atoms with E-state index in [4.69, 9.17) is 9.47 Å². The predicted octanol–water partition coefficient (Wildman–Crippen LogP) is 2.61. The topological polar surface area (TPSA) is 76.7 Å². The monoisotopic (exact) mass is 294 g/mol. The number of carbonyl (C=O) groups excluding carboxylic acids is 2. The lowest BCUT2D eigenvalue weighted by atomic mass is 10.1. The molecule has 21 heavy (non-hydrogen) atoms. The molecule has 0 bridgehead atoms. The van der Waals surface area contributed by atoms with E-state index in [1.165, 1.54) is 7.05 Å². The molecule has 0 aliphatic rings. The second-order valence-corrected chi connectivity index (χ2v) is 5.46. The number of ether oxygens (including phenoxy) is 2. The highest BCUT2D eigenvalue weighted by Gasteiger charge is 2.21. The van der Waals surface area contributed by atoms with Crippen molar-refractivity contribution in [2.75, 3.05) is 13.7 Å². The fourth-order valence-electron chi connectivity index (χ4n) is 1.59. The van der Waals surface area contributed by atoms with Gasteiger partial charge in [-0.2, -0.15) is 0 Å². The van der Waals surface area contributed by atoms with Crippen molar-refractivity contribution >= 4 is 12.2 Å². The summed E-state index contributed by atoms with van der Waals surface area (Å²) in [5.74, 6) is 0. The Kier molecular flexibility index (Phi) is 6.02. The van der Waals surface area contributed by atoms with E-state index in [-0.39, 0.29) is 6.61 Å². The highest BCUT2D eigenvalue weighted by atomic mass is 16.6. The number of nitrogens with one attached hydrogen (secondary N) is 2. The van der Waals surface area contributed by atoms with Crippen molar-refractivity contribution < 1.29 is 19.1 Å². The molecule has 1 atom stereocenters. The third-order valence-corrected chi connectivity index (χ3v) is 2.48. The first-order valence-corrected chi connectivity index (χ1v) is 6.71. The third-order valence-electron chi connectivity index (χ3n) is 2.48. The molecule has 0 heterocycles. The summed E-state index contributed by atoms with van der Waals surface area (Å²) in [5, 5.41) is 5.06. The molecule has 2 N–H and O–H groups in total. The summed E-state index contributed by atoms with van der Waals surface area (Å²) in [6, 6.07) is 8.77. The Morgan fingerprint density at radius 3 is 2.29 bits per heavy atom. The molecular weight excluding hydrogens is 272 g/mol. The molecule has 0 aromatic heterocycles. The SMILES string of the molecule is CNC(=O)OCC(NC(=O)OC(C)(C)C)c1ccccc1. The lowest BCUT2D eigenvalue weighted by Gasteiger charge is -2.23. The second-order valence-electron chi connectivity index (χ2n) is 5.46. The lowest BCUT2D eigenvalue weighted by molar-refractivity contribution is 0.0471. The standard InChI is InChI=1S/C15H22N2O4/c1-15(2,3)21-14(19)17-12(10-20-13(18)16-4)11-8-6-5-7-9-11/h5-9,12H,10H2,1-4H3,(H,16,18)(H,17,19). The highest BCUT2D eigenvalue weighted by molar-refractivity contribution is 5.69. The van der Waals surface area contributed by atoms with E-state index < -0.39 is 23.8 Å². The molecule has 1 rings (SSSR count). The summed E-state index contributed by atoms with van der Waals surface area (Å²) in [6.45, 7) is 5.37. The zero-order chi connectivity index (χ0) is 15.9. The quantitative estimate of drug-likeness (QED) is 0.895. The van der Waals surface area contributed by atoms with Crippen LogP contribution in [0.4, 0.5) is 9.59 Å². The van der Waals surface area contributed by atoms with Crippen molar-refractivity contribution in [2.45, 2.75) is 32.4 Å². The fourth-order valence-corrected chi connectivity index (χ4v) is 1.59. The Bertz CT molecular complexity index is 468. The van der Waals surface area contributed by atoms with Gasteiger partial charge in [0.2, 0.25) is 0 Å². The Hall–Kier alpha value is -2.24. The third kappa shape index (κ3) is 6.65. The number of hydrogen-bond donors (Lipinski definition) is 2. The number of carbonyl (C=O) groups is 2. The first-order chi connectivity index (χ1) is 9.81. The average molecular weight is 294 g/mol. The first-order valence-electron chi connectivity index (χ1n) is 6.71. The predicted molar refractivity (Wildman–Crippen MR) is 79.0 cm³/mol. The van der Waals surface area contributed by atoms with Crippen LogP contribution in [0.5, 0.6) is 0 Å². The Labute approximate surface area is 124 Å². The fraction of sp³-hybridized carbons (Fsp3) is 0.467. The van der Waals surface area contributed by atoms with Gasteiger partial charge in [0.1, 0.15) is 12.2 Å². The summed E-state index contributed by atoms with van der Waals surface area (Å²) in [5.41, 5.74) is 0.236. The molecule has 1 aromatic rings. The van der Waals surface area contributed by atoms with Gasteiger partial charge in [-0.25, -0.2) is 9.59 Å². The van der Waals surface area contributed by atoms with Crippen LogP contribution in [0.25, 0.3) is 0 Å².